The molecule has 0 amide bonds. The Bertz CT molecular complexity index is 755. The maximum Gasteiger partial charge on any atom is 0.147 e. The third kappa shape index (κ3) is 2.80. The van der Waals surface area contributed by atoms with Crippen LogP contribution in [0.25, 0.3) is 21.5 Å². The zero-order valence-corrected chi connectivity index (χ0v) is 12.5. The van der Waals surface area contributed by atoms with Crippen LogP contribution in [0.15, 0.2) is 17.6 Å². The minimum Gasteiger partial charge on any atom is -0.394 e. The van der Waals surface area contributed by atoms with E-state index in [2.05, 4.69) is 20.0 Å². The molecule has 0 bridgehead atoms. The highest BCUT2D eigenvalue weighted by Crippen LogP contribution is 2.35. The summed E-state index contributed by atoms with van der Waals surface area (Å²) in [7, 11) is 0. The van der Waals surface area contributed by atoms with Crippen LogP contribution in [0.2, 0.25) is 0 Å². The van der Waals surface area contributed by atoms with E-state index in [1.807, 2.05) is 17.7 Å². The molecule has 0 radical (unpaired) electrons. The van der Waals surface area contributed by atoms with E-state index in [1.54, 1.807) is 0 Å². The van der Waals surface area contributed by atoms with Gasteiger partial charge in [0, 0.05) is 17.5 Å². The number of aliphatic hydroxyl groups is 1. The lowest BCUT2D eigenvalue weighted by molar-refractivity contribution is -0.0593. The zero-order valence-electron chi connectivity index (χ0n) is 12.5. The summed E-state index contributed by atoms with van der Waals surface area (Å²) >= 11 is 0. The molecule has 23 heavy (non-hydrogen) atoms. The highest BCUT2D eigenvalue weighted by atomic mass is 16.6. The second-order valence-electron chi connectivity index (χ2n) is 5.29. The van der Waals surface area contributed by atoms with Crippen molar-refractivity contribution in [2.75, 3.05) is 19.1 Å². The lowest BCUT2D eigenvalue weighted by atomic mass is 10.2. The predicted molar refractivity (Wildman–Crippen MR) is 81.2 cm³/mol. The quantitative estimate of drug-likeness (QED) is 0.482. The van der Waals surface area contributed by atoms with Crippen molar-refractivity contribution in [3.63, 3.8) is 0 Å². The number of anilines is 1. The SMILES string of the molecule is Cc1cn([C@H]2CC(OCN=[N+]=[N-])[C@@H](CO)O2)c2ncnc(N)c12. The van der Waals surface area contributed by atoms with E-state index >= 15 is 0 Å². The third-order valence-electron chi connectivity index (χ3n) is 3.91. The number of nitrogens with zero attached hydrogens (tertiary/aromatic N) is 6. The van der Waals surface area contributed by atoms with E-state index in [-0.39, 0.29) is 25.7 Å². The molecular weight excluding hydrogens is 302 g/mol. The lowest BCUT2D eigenvalue weighted by Gasteiger charge is -2.15. The predicted octanol–water partition coefficient (Wildman–Crippen LogP) is 1.25. The molecule has 1 saturated heterocycles. The Labute approximate surface area is 131 Å². The van der Waals surface area contributed by atoms with E-state index in [4.69, 9.17) is 20.7 Å². The van der Waals surface area contributed by atoms with E-state index < -0.39 is 6.10 Å². The molecule has 1 aliphatic rings. The fraction of sp³-hybridized carbons (Fsp3) is 0.538. The number of ether oxygens (including phenoxy) is 2. The van der Waals surface area contributed by atoms with Crippen molar-refractivity contribution in [1.82, 2.24) is 14.5 Å². The summed E-state index contributed by atoms with van der Waals surface area (Å²) in [5, 5.41) is 13.6. The second-order valence-corrected chi connectivity index (χ2v) is 5.29. The van der Waals surface area contributed by atoms with Gasteiger partial charge in [0.1, 0.15) is 36.9 Å². The van der Waals surface area contributed by atoms with Gasteiger partial charge in [0.2, 0.25) is 0 Å². The summed E-state index contributed by atoms with van der Waals surface area (Å²) in [6, 6.07) is 0. The van der Waals surface area contributed by atoms with Crippen molar-refractivity contribution in [2.24, 2.45) is 5.11 Å². The number of nitrogens with two attached hydrogens (primary N) is 1. The van der Waals surface area contributed by atoms with Gasteiger partial charge in [-0.2, -0.15) is 0 Å². The topological polar surface area (TPSA) is 144 Å². The van der Waals surface area contributed by atoms with Gasteiger partial charge in [-0.05, 0) is 18.0 Å². The van der Waals surface area contributed by atoms with Crippen LogP contribution < -0.4 is 5.73 Å². The van der Waals surface area contributed by atoms with Gasteiger partial charge in [-0.15, -0.1) is 0 Å². The van der Waals surface area contributed by atoms with Crippen LogP contribution in [0.3, 0.4) is 0 Å². The number of fused-ring (bicyclic) bond motifs is 1. The van der Waals surface area contributed by atoms with E-state index in [0.717, 1.165) is 10.9 Å². The number of rotatable bonds is 5. The number of azide groups is 1. The minimum absolute atomic E-state index is 0.103. The monoisotopic (exact) mass is 319 g/mol. The van der Waals surface area contributed by atoms with Gasteiger partial charge in [-0.3, -0.25) is 0 Å². The maximum atomic E-state index is 9.46. The number of hydrogen-bond acceptors (Lipinski definition) is 7. The van der Waals surface area contributed by atoms with Crippen molar-refractivity contribution in [1.29, 1.82) is 0 Å². The van der Waals surface area contributed by atoms with Gasteiger partial charge in [0.25, 0.3) is 0 Å². The minimum atomic E-state index is -0.495. The van der Waals surface area contributed by atoms with Gasteiger partial charge in [0.05, 0.1) is 18.1 Å². The molecule has 1 aliphatic heterocycles. The molecule has 1 fully saturated rings. The Morgan fingerprint density at radius 1 is 1.61 bits per heavy atom. The molecule has 3 heterocycles. The van der Waals surface area contributed by atoms with Crippen molar-refractivity contribution < 1.29 is 14.6 Å². The lowest BCUT2D eigenvalue weighted by Crippen LogP contribution is -2.27. The van der Waals surface area contributed by atoms with Crippen molar-refractivity contribution >= 4 is 16.9 Å². The molecule has 2 aromatic rings. The largest absolute Gasteiger partial charge is 0.394 e. The molecule has 3 atom stereocenters. The molecule has 3 N–H and O–H groups in total. The molecule has 0 aromatic carbocycles. The first-order chi connectivity index (χ1) is 11.2. The van der Waals surface area contributed by atoms with Crippen LogP contribution in [-0.4, -0.2) is 45.2 Å². The Morgan fingerprint density at radius 3 is 3.17 bits per heavy atom. The fourth-order valence-corrected chi connectivity index (χ4v) is 2.88. The zero-order chi connectivity index (χ0) is 16.4. The molecular formula is C13H17N7O3. The highest BCUT2D eigenvalue weighted by Gasteiger charge is 2.37. The molecule has 122 valence electrons. The Kier molecular flexibility index (Phi) is 4.30. The number of aryl methyl sites for hydroxylation is 1. The van der Waals surface area contributed by atoms with E-state index in [9.17, 15) is 5.11 Å². The number of nitrogen functional groups attached to an aromatic ring is 1. The standard InChI is InChI=1S/C13H17N7O3/c1-7-3-20(13-11(7)12(14)16-5-17-13)10-2-8(9(4-21)23-10)22-6-18-19-15/h3,5,8-10,21H,2,4,6H2,1H3,(H2,14,16,17)/t8?,9-,10-/m1/s1. The maximum absolute atomic E-state index is 9.46. The molecule has 0 saturated carbocycles. The summed E-state index contributed by atoms with van der Waals surface area (Å²) in [4.78, 5) is 10.9. The highest BCUT2D eigenvalue weighted by molar-refractivity contribution is 5.89. The first kappa shape index (κ1) is 15.5. The van der Waals surface area contributed by atoms with Gasteiger partial charge in [-0.1, -0.05) is 5.11 Å². The Balaban J connectivity index is 1.88. The Hall–Kier alpha value is -2.39. The van der Waals surface area contributed by atoms with Gasteiger partial charge < -0.3 is 24.9 Å². The first-order valence-corrected chi connectivity index (χ1v) is 7.12. The van der Waals surface area contributed by atoms with Crippen LogP contribution >= 0.6 is 0 Å². The summed E-state index contributed by atoms with van der Waals surface area (Å²) < 4.78 is 13.2. The van der Waals surface area contributed by atoms with Crippen LogP contribution in [0.5, 0.6) is 0 Å². The average molecular weight is 319 g/mol. The van der Waals surface area contributed by atoms with Gasteiger partial charge in [0.15, 0.2) is 0 Å². The van der Waals surface area contributed by atoms with Crippen molar-refractivity contribution in [3.8, 4) is 0 Å². The second kappa shape index (κ2) is 6.39. The smallest absolute Gasteiger partial charge is 0.147 e. The van der Waals surface area contributed by atoms with Gasteiger partial charge in [-0.25, -0.2) is 9.97 Å². The Morgan fingerprint density at radius 2 is 2.43 bits per heavy atom. The summed E-state index contributed by atoms with van der Waals surface area (Å²) in [6.45, 7) is 1.63. The van der Waals surface area contributed by atoms with Crippen LogP contribution in [0.1, 0.15) is 18.2 Å². The molecule has 3 rings (SSSR count). The first-order valence-electron chi connectivity index (χ1n) is 7.12. The molecule has 0 spiro atoms. The fourth-order valence-electron chi connectivity index (χ4n) is 2.88. The summed E-state index contributed by atoms with van der Waals surface area (Å²) in [6.07, 6.45) is 2.58. The molecule has 0 aliphatic carbocycles. The van der Waals surface area contributed by atoms with Crippen LogP contribution in [-0.2, 0) is 9.47 Å². The van der Waals surface area contributed by atoms with Crippen molar-refractivity contribution in [2.45, 2.75) is 31.8 Å². The average Bonchev–Trinajstić information content (AvgIpc) is 3.09. The normalized spacial score (nSPS) is 24.0. The van der Waals surface area contributed by atoms with E-state index in [0.29, 0.717) is 17.9 Å². The summed E-state index contributed by atoms with van der Waals surface area (Å²) in [5.41, 5.74) is 15.8. The third-order valence-corrected chi connectivity index (χ3v) is 3.91. The van der Waals surface area contributed by atoms with Crippen molar-refractivity contribution in [3.05, 3.63) is 28.5 Å². The van der Waals surface area contributed by atoms with Crippen LogP contribution in [0, 0.1) is 6.92 Å². The molecule has 1 unspecified atom stereocenters. The molecule has 2 aromatic heterocycles. The molecule has 10 nitrogen and oxygen atoms in total. The number of aliphatic hydroxyl groups excluding tert-OH is 1. The van der Waals surface area contributed by atoms with E-state index in [1.165, 1.54) is 6.33 Å². The van der Waals surface area contributed by atoms with Gasteiger partial charge >= 0.3 is 0 Å². The number of aromatic nitrogens is 3. The van der Waals surface area contributed by atoms with Crippen LogP contribution in [0.4, 0.5) is 5.82 Å². The summed E-state index contributed by atoms with van der Waals surface area (Å²) in [5.74, 6) is 0.416. The molecule has 10 heteroatoms. The number of hydrogen-bond donors (Lipinski definition) is 2.